The molecule has 0 heterocycles. The lowest BCUT2D eigenvalue weighted by Gasteiger charge is -2.14. The van der Waals surface area contributed by atoms with Gasteiger partial charge in [0.2, 0.25) is 0 Å². The minimum atomic E-state index is -0.0599. The first-order chi connectivity index (χ1) is 8.99. The highest BCUT2D eigenvalue weighted by Gasteiger charge is 2.11. The van der Waals surface area contributed by atoms with Gasteiger partial charge in [0, 0.05) is 31.8 Å². The van der Waals surface area contributed by atoms with Crippen molar-refractivity contribution in [1.29, 1.82) is 0 Å². The molecule has 0 atom stereocenters. The van der Waals surface area contributed by atoms with E-state index in [1.807, 2.05) is 6.92 Å². The van der Waals surface area contributed by atoms with E-state index in [1.165, 1.54) is 4.90 Å². The summed E-state index contributed by atoms with van der Waals surface area (Å²) in [5.74, 6) is 0.524. The number of nitrogens with zero attached hydrogens (tertiary/aromatic N) is 1. The fourth-order valence-corrected chi connectivity index (χ4v) is 1.52. The number of nitrogens with two attached hydrogens (primary N) is 1. The van der Waals surface area contributed by atoms with Crippen molar-refractivity contribution >= 4 is 18.3 Å². The molecule has 0 aliphatic heterocycles. The van der Waals surface area contributed by atoms with Crippen molar-refractivity contribution < 1.29 is 13.9 Å². The van der Waals surface area contributed by atoms with Crippen molar-refractivity contribution in [3.05, 3.63) is 41.2 Å². The quantitative estimate of drug-likeness (QED) is 0.908. The van der Waals surface area contributed by atoms with Crippen molar-refractivity contribution in [3.63, 3.8) is 0 Å². The third-order valence-corrected chi connectivity index (χ3v) is 2.68. The number of amides is 1. The van der Waals surface area contributed by atoms with Gasteiger partial charge in [0.05, 0.1) is 6.33 Å². The second-order valence-corrected chi connectivity index (χ2v) is 4.44. The fraction of sp³-hybridized carbons (Fsp3) is 0.357. The Bertz CT molecular complexity index is 490. The highest BCUT2D eigenvalue weighted by Crippen LogP contribution is 2.18. The summed E-state index contributed by atoms with van der Waals surface area (Å²) in [5.41, 5.74) is 7.15. The molecule has 4 nitrogen and oxygen atoms in total. The lowest BCUT2D eigenvalue weighted by atomic mass is 10.1. The van der Waals surface area contributed by atoms with Crippen LogP contribution in [0.25, 0.3) is 0 Å². The summed E-state index contributed by atoms with van der Waals surface area (Å²) in [6.45, 7) is 2.05. The zero-order valence-corrected chi connectivity index (χ0v) is 12.7. The minimum absolute atomic E-state index is 0. The van der Waals surface area contributed by atoms with E-state index in [4.69, 9.17) is 10.5 Å². The Kier molecular flexibility index (Phi) is 7.87. The lowest BCUT2D eigenvalue weighted by molar-refractivity contribution is 0.0827. The van der Waals surface area contributed by atoms with Gasteiger partial charge in [-0.1, -0.05) is 0 Å². The summed E-state index contributed by atoms with van der Waals surface area (Å²) in [7, 11) is 3.40. The molecule has 1 amide bonds. The number of halogens is 2. The average molecular weight is 303 g/mol. The molecule has 0 aliphatic rings. The number of benzene rings is 1. The molecule has 20 heavy (non-hydrogen) atoms. The Morgan fingerprint density at radius 2 is 2.10 bits per heavy atom. The van der Waals surface area contributed by atoms with Gasteiger partial charge in [0.1, 0.15) is 12.4 Å². The topological polar surface area (TPSA) is 55.6 Å². The normalized spacial score (nSPS) is 10.8. The van der Waals surface area contributed by atoms with Crippen LogP contribution in [0.5, 0.6) is 5.75 Å². The Hall–Kier alpha value is -1.59. The van der Waals surface area contributed by atoms with Gasteiger partial charge in [0.25, 0.3) is 5.91 Å². The molecule has 112 valence electrons. The maximum atomic E-state index is 12.3. The third kappa shape index (κ3) is 4.83. The van der Waals surface area contributed by atoms with Crippen LogP contribution >= 0.6 is 12.4 Å². The van der Waals surface area contributed by atoms with Crippen molar-refractivity contribution in [1.82, 2.24) is 4.90 Å². The van der Waals surface area contributed by atoms with Gasteiger partial charge in [0.15, 0.2) is 0 Å². The maximum absolute atomic E-state index is 12.3. The molecule has 1 aromatic rings. The van der Waals surface area contributed by atoms with Crippen molar-refractivity contribution in [3.8, 4) is 5.75 Å². The Morgan fingerprint density at radius 3 is 2.55 bits per heavy atom. The summed E-state index contributed by atoms with van der Waals surface area (Å²) in [6.07, 6.45) is 0.455. The fourth-order valence-electron chi connectivity index (χ4n) is 1.52. The molecule has 0 aromatic heterocycles. The number of hydrogen-bond acceptors (Lipinski definition) is 3. The highest BCUT2D eigenvalue weighted by atomic mass is 35.5. The molecule has 1 aromatic carbocycles. The SMILES string of the molecule is Cc1cc(OCC(=CF)CN)ccc1C(=O)N(C)C.Cl. The van der Waals surface area contributed by atoms with E-state index in [0.717, 1.165) is 5.56 Å². The lowest BCUT2D eigenvalue weighted by Crippen LogP contribution is -2.22. The third-order valence-electron chi connectivity index (χ3n) is 2.68. The monoisotopic (exact) mass is 302 g/mol. The summed E-state index contributed by atoms with van der Waals surface area (Å²) >= 11 is 0. The molecule has 0 radical (unpaired) electrons. The van der Waals surface area contributed by atoms with Crippen LogP contribution in [0.3, 0.4) is 0 Å². The first-order valence-electron chi connectivity index (χ1n) is 5.93. The largest absolute Gasteiger partial charge is 0.489 e. The number of carbonyl (C=O) groups excluding carboxylic acids is 1. The van der Waals surface area contributed by atoms with Crippen LogP contribution in [-0.2, 0) is 0 Å². The molecule has 0 bridgehead atoms. The van der Waals surface area contributed by atoms with E-state index < -0.39 is 0 Å². The van der Waals surface area contributed by atoms with E-state index in [-0.39, 0.29) is 31.5 Å². The molecule has 0 unspecified atom stereocenters. The second-order valence-electron chi connectivity index (χ2n) is 4.44. The summed E-state index contributed by atoms with van der Waals surface area (Å²) in [5, 5.41) is 0. The first kappa shape index (κ1) is 18.4. The van der Waals surface area contributed by atoms with Crippen LogP contribution in [0.2, 0.25) is 0 Å². The average Bonchev–Trinajstić information content (AvgIpc) is 2.39. The van der Waals surface area contributed by atoms with Crippen LogP contribution in [0.1, 0.15) is 15.9 Å². The van der Waals surface area contributed by atoms with Gasteiger partial charge >= 0.3 is 0 Å². The molecule has 0 spiro atoms. The van der Waals surface area contributed by atoms with Gasteiger partial charge in [-0.15, -0.1) is 12.4 Å². The predicted molar refractivity (Wildman–Crippen MR) is 80.2 cm³/mol. The molecule has 0 fully saturated rings. The van der Waals surface area contributed by atoms with Crippen molar-refractivity contribution in [2.45, 2.75) is 6.92 Å². The molecule has 0 aliphatic carbocycles. The molecule has 0 saturated heterocycles. The van der Waals surface area contributed by atoms with Crippen LogP contribution < -0.4 is 10.5 Å². The van der Waals surface area contributed by atoms with Crippen molar-refractivity contribution in [2.75, 3.05) is 27.2 Å². The van der Waals surface area contributed by atoms with Gasteiger partial charge in [-0.05, 0) is 30.7 Å². The standard InChI is InChI=1S/C14H19FN2O2.ClH/c1-10-6-12(19-9-11(7-15)8-16)4-5-13(10)14(18)17(2)3;/h4-7H,8-9,16H2,1-3H3;1H. The van der Waals surface area contributed by atoms with E-state index in [1.54, 1.807) is 32.3 Å². The number of ether oxygens (including phenoxy) is 1. The first-order valence-corrected chi connectivity index (χ1v) is 5.93. The second kappa shape index (κ2) is 8.55. The number of hydrogen-bond donors (Lipinski definition) is 1. The van der Waals surface area contributed by atoms with Gasteiger partial charge in [-0.2, -0.15) is 0 Å². The Balaban J connectivity index is 0.00000361. The molecule has 2 N–H and O–H groups in total. The van der Waals surface area contributed by atoms with Crippen LogP contribution in [0, 0.1) is 6.92 Å². The molecule has 6 heteroatoms. The maximum Gasteiger partial charge on any atom is 0.253 e. The highest BCUT2D eigenvalue weighted by molar-refractivity contribution is 5.95. The van der Waals surface area contributed by atoms with E-state index in [2.05, 4.69) is 0 Å². The smallest absolute Gasteiger partial charge is 0.253 e. The number of carbonyl (C=O) groups is 1. The minimum Gasteiger partial charge on any atom is -0.489 e. The zero-order chi connectivity index (χ0) is 14.4. The molecular formula is C14H20ClFN2O2. The van der Waals surface area contributed by atoms with Crippen molar-refractivity contribution in [2.24, 2.45) is 5.73 Å². The van der Waals surface area contributed by atoms with Gasteiger partial charge in [-0.3, -0.25) is 4.79 Å². The molecule has 0 saturated carbocycles. The summed E-state index contributed by atoms with van der Waals surface area (Å²) < 4.78 is 17.7. The Morgan fingerprint density at radius 1 is 1.45 bits per heavy atom. The van der Waals surface area contributed by atoms with Crippen LogP contribution in [-0.4, -0.2) is 38.1 Å². The van der Waals surface area contributed by atoms with E-state index in [9.17, 15) is 9.18 Å². The zero-order valence-electron chi connectivity index (χ0n) is 11.9. The van der Waals surface area contributed by atoms with E-state index >= 15 is 0 Å². The Labute approximate surface area is 124 Å². The van der Waals surface area contributed by atoms with Crippen LogP contribution in [0.4, 0.5) is 4.39 Å². The van der Waals surface area contributed by atoms with E-state index in [0.29, 0.717) is 23.2 Å². The molecule has 1 rings (SSSR count). The number of rotatable bonds is 5. The predicted octanol–water partition coefficient (Wildman–Crippen LogP) is 2.31. The van der Waals surface area contributed by atoms with Gasteiger partial charge < -0.3 is 15.4 Å². The summed E-state index contributed by atoms with van der Waals surface area (Å²) in [6, 6.07) is 5.15. The number of aryl methyl sites for hydroxylation is 1. The summed E-state index contributed by atoms with van der Waals surface area (Å²) in [4.78, 5) is 13.4. The molecular weight excluding hydrogens is 283 g/mol. The van der Waals surface area contributed by atoms with Gasteiger partial charge in [-0.25, -0.2) is 4.39 Å². The van der Waals surface area contributed by atoms with Crippen LogP contribution in [0.15, 0.2) is 30.1 Å².